The summed E-state index contributed by atoms with van der Waals surface area (Å²) in [5, 5.41) is 6.16. The molecule has 0 aliphatic rings. The molecule has 1 aromatic carbocycles. The van der Waals surface area contributed by atoms with E-state index < -0.39 is 5.41 Å². The van der Waals surface area contributed by atoms with Gasteiger partial charge in [-0.2, -0.15) is 0 Å². The molecule has 0 saturated carbocycles. The van der Waals surface area contributed by atoms with E-state index in [0.29, 0.717) is 18.1 Å². The molecule has 1 aromatic rings. The zero-order valence-electron chi connectivity index (χ0n) is 12.8. The molecule has 116 valence electrons. The minimum atomic E-state index is -1.10. The minimum Gasteiger partial charge on any atom is -0.355 e. The molecule has 4 nitrogen and oxygen atoms in total. The average molecular weight is 311 g/mol. The molecule has 0 spiro atoms. The molecule has 0 atom stereocenters. The number of unbranched alkanes of at least 4 members (excludes halogenated alkanes) is 1. The summed E-state index contributed by atoms with van der Waals surface area (Å²) in [6.07, 6.45) is 1.91. The van der Waals surface area contributed by atoms with E-state index >= 15 is 0 Å². The second kappa shape index (κ2) is 8.03. The third kappa shape index (κ3) is 5.05. The Hall–Kier alpha value is -1.55. The molecule has 0 radical (unpaired) electrons. The summed E-state index contributed by atoms with van der Waals surface area (Å²) < 4.78 is 0. The maximum absolute atomic E-state index is 12.2. The highest BCUT2D eigenvalue weighted by Gasteiger charge is 2.35. The van der Waals surface area contributed by atoms with Crippen molar-refractivity contribution in [3.63, 3.8) is 0 Å². The second-order valence-corrected chi connectivity index (χ2v) is 5.92. The zero-order valence-corrected chi connectivity index (χ0v) is 13.6. The van der Waals surface area contributed by atoms with E-state index in [2.05, 4.69) is 10.6 Å². The summed E-state index contributed by atoms with van der Waals surface area (Å²) in [7, 11) is 0. The van der Waals surface area contributed by atoms with Gasteiger partial charge in [0, 0.05) is 18.1 Å². The highest BCUT2D eigenvalue weighted by Crippen LogP contribution is 2.18. The van der Waals surface area contributed by atoms with Gasteiger partial charge in [0.2, 0.25) is 11.8 Å². The fraction of sp³-hybridized carbons (Fsp3) is 0.500. The van der Waals surface area contributed by atoms with Crippen LogP contribution >= 0.6 is 11.6 Å². The van der Waals surface area contributed by atoms with Gasteiger partial charge in [-0.05, 0) is 31.9 Å². The van der Waals surface area contributed by atoms with Gasteiger partial charge < -0.3 is 10.6 Å². The number of carbonyl (C=O) groups excluding carboxylic acids is 2. The van der Waals surface area contributed by atoms with Gasteiger partial charge in [0.05, 0.1) is 0 Å². The Balaban J connectivity index is 2.57. The predicted molar refractivity (Wildman–Crippen MR) is 85.0 cm³/mol. The lowest BCUT2D eigenvalue weighted by molar-refractivity contribution is -0.141. The van der Waals surface area contributed by atoms with Crippen molar-refractivity contribution in [3.05, 3.63) is 34.9 Å². The van der Waals surface area contributed by atoms with E-state index in [-0.39, 0.29) is 11.8 Å². The molecule has 5 heteroatoms. The molecule has 0 aromatic heterocycles. The molecule has 1 rings (SSSR count). The largest absolute Gasteiger partial charge is 0.355 e. The monoisotopic (exact) mass is 310 g/mol. The van der Waals surface area contributed by atoms with Crippen LogP contribution in [0, 0.1) is 5.41 Å². The average Bonchev–Trinajstić information content (AvgIpc) is 2.46. The van der Waals surface area contributed by atoms with Crippen LogP contribution in [0.15, 0.2) is 24.3 Å². The van der Waals surface area contributed by atoms with Gasteiger partial charge >= 0.3 is 0 Å². The second-order valence-electron chi connectivity index (χ2n) is 5.51. The van der Waals surface area contributed by atoms with E-state index in [1.807, 2.05) is 25.1 Å². The quantitative estimate of drug-likeness (QED) is 0.601. The molecular formula is C16H23ClN2O2. The first-order valence-electron chi connectivity index (χ1n) is 7.19. The Labute approximate surface area is 131 Å². The van der Waals surface area contributed by atoms with Crippen LogP contribution in [0.2, 0.25) is 5.02 Å². The molecule has 0 aliphatic heterocycles. The van der Waals surface area contributed by atoms with Crippen LogP contribution in [0.1, 0.15) is 39.2 Å². The summed E-state index contributed by atoms with van der Waals surface area (Å²) in [5.74, 6) is -0.566. The Kier molecular flexibility index (Phi) is 6.69. The molecule has 0 fully saturated rings. The summed E-state index contributed by atoms with van der Waals surface area (Å²) in [5.41, 5.74) is -0.274. The van der Waals surface area contributed by atoms with Crippen LogP contribution in [0.4, 0.5) is 0 Å². The van der Waals surface area contributed by atoms with E-state index in [1.165, 1.54) is 0 Å². The third-order valence-electron chi connectivity index (χ3n) is 3.35. The van der Waals surface area contributed by atoms with Crippen LogP contribution in [0.5, 0.6) is 0 Å². The summed E-state index contributed by atoms with van der Waals surface area (Å²) in [6, 6.07) is 7.30. The topological polar surface area (TPSA) is 58.2 Å². The van der Waals surface area contributed by atoms with Gasteiger partial charge in [0.15, 0.2) is 0 Å². The minimum absolute atomic E-state index is 0.257. The first-order chi connectivity index (χ1) is 9.89. The van der Waals surface area contributed by atoms with E-state index in [1.54, 1.807) is 19.9 Å². The Morgan fingerprint density at radius 1 is 1.14 bits per heavy atom. The number of benzene rings is 1. The summed E-state index contributed by atoms with van der Waals surface area (Å²) >= 11 is 6.04. The molecule has 21 heavy (non-hydrogen) atoms. The number of hydrogen-bond donors (Lipinski definition) is 2. The Morgan fingerprint density at radius 3 is 2.38 bits per heavy atom. The van der Waals surface area contributed by atoms with Gasteiger partial charge in [0.25, 0.3) is 0 Å². The molecule has 2 N–H and O–H groups in total. The van der Waals surface area contributed by atoms with Crippen LogP contribution in [0.3, 0.4) is 0 Å². The molecule has 0 unspecified atom stereocenters. The van der Waals surface area contributed by atoms with Gasteiger partial charge in [-0.3, -0.25) is 9.59 Å². The van der Waals surface area contributed by atoms with Crippen molar-refractivity contribution in [1.29, 1.82) is 0 Å². The van der Waals surface area contributed by atoms with Crippen molar-refractivity contribution in [1.82, 2.24) is 10.6 Å². The molecule has 0 saturated heterocycles. The fourth-order valence-electron chi connectivity index (χ4n) is 1.74. The fourth-order valence-corrected chi connectivity index (χ4v) is 1.94. The molecule has 0 heterocycles. The van der Waals surface area contributed by atoms with Crippen LogP contribution in [-0.2, 0) is 16.1 Å². The smallest absolute Gasteiger partial charge is 0.235 e. The normalized spacial score (nSPS) is 11.0. The molecular weight excluding hydrogens is 288 g/mol. The van der Waals surface area contributed by atoms with Crippen molar-refractivity contribution in [2.75, 3.05) is 6.54 Å². The van der Waals surface area contributed by atoms with Crippen LogP contribution in [-0.4, -0.2) is 18.4 Å². The molecule has 0 aliphatic carbocycles. The number of rotatable bonds is 7. The molecule has 0 bridgehead atoms. The molecule has 2 amide bonds. The van der Waals surface area contributed by atoms with Crippen molar-refractivity contribution >= 4 is 23.4 Å². The lowest BCUT2D eigenvalue weighted by Gasteiger charge is -2.22. The highest BCUT2D eigenvalue weighted by molar-refractivity contribution is 6.31. The lowest BCUT2D eigenvalue weighted by atomic mass is 9.91. The summed E-state index contributed by atoms with van der Waals surface area (Å²) in [4.78, 5) is 24.3. The van der Waals surface area contributed by atoms with E-state index in [4.69, 9.17) is 11.6 Å². The maximum atomic E-state index is 12.2. The van der Waals surface area contributed by atoms with Gasteiger partial charge in [-0.25, -0.2) is 0 Å². The third-order valence-corrected chi connectivity index (χ3v) is 3.72. The van der Waals surface area contributed by atoms with Crippen LogP contribution < -0.4 is 10.6 Å². The van der Waals surface area contributed by atoms with Gasteiger partial charge in [-0.15, -0.1) is 0 Å². The summed E-state index contributed by atoms with van der Waals surface area (Å²) in [6.45, 7) is 6.20. The first-order valence-corrected chi connectivity index (χ1v) is 7.57. The zero-order chi connectivity index (χ0) is 15.9. The van der Waals surface area contributed by atoms with Crippen molar-refractivity contribution < 1.29 is 9.59 Å². The number of halogens is 1. The lowest BCUT2D eigenvalue weighted by Crippen LogP contribution is -2.47. The van der Waals surface area contributed by atoms with Crippen molar-refractivity contribution in [2.24, 2.45) is 5.41 Å². The number of hydrogen-bond acceptors (Lipinski definition) is 2. The first kappa shape index (κ1) is 17.5. The van der Waals surface area contributed by atoms with Crippen LogP contribution in [0.25, 0.3) is 0 Å². The SMILES string of the molecule is CCCCNC(=O)C(C)(C)C(=O)NCc1ccccc1Cl. The Morgan fingerprint density at radius 2 is 1.76 bits per heavy atom. The predicted octanol–water partition coefficient (Wildman–Crippen LogP) is 2.90. The standard InChI is InChI=1S/C16H23ClN2O2/c1-4-5-10-18-14(20)16(2,3)15(21)19-11-12-8-6-7-9-13(12)17/h6-9H,4-5,10-11H2,1-3H3,(H,18,20)(H,19,21). The van der Waals surface area contributed by atoms with Gasteiger partial charge in [-0.1, -0.05) is 43.1 Å². The highest BCUT2D eigenvalue weighted by atomic mass is 35.5. The maximum Gasteiger partial charge on any atom is 0.235 e. The number of amides is 2. The Bertz CT molecular complexity index is 501. The van der Waals surface area contributed by atoms with Gasteiger partial charge in [0.1, 0.15) is 5.41 Å². The van der Waals surface area contributed by atoms with E-state index in [9.17, 15) is 9.59 Å². The van der Waals surface area contributed by atoms with Crippen molar-refractivity contribution in [2.45, 2.75) is 40.2 Å². The number of nitrogens with one attached hydrogen (secondary N) is 2. The number of carbonyl (C=O) groups is 2. The van der Waals surface area contributed by atoms with E-state index in [0.717, 1.165) is 18.4 Å². The van der Waals surface area contributed by atoms with Crippen molar-refractivity contribution in [3.8, 4) is 0 Å².